The molecule has 2 aromatic rings. The average Bonchev–Trinajstić information content (AvgIpc) is 3.24. The molecule has 3 rings (SSSR count). The molecule has 9 heteroatoms. The van der Waals surface area contributed by atoms with Crippen molar-refractivity contribution in [3.8, 4) is 0 Å². The summed E-state index contributed by atoms with van der Waals surface area (Å²) in [6, 6.07) is 8.47. The number of nitrogens with one attached hydrogen (secondary N) is 2. The summed E-state index contributed by atoms with van der Waals surface area (Å²) in [7, 11) is 0. The number of urea groups is 1. The predicted molar refractivity (Wildman–Crippen MR) is 86.7 cm³/mol. The Labute approximate surface area is 147 Å². The Kier molecular flexibility index (Phi) is 4.70. The Morgan fingerprint density at radius 1 is 1.12 bits per heavy atom. The second-order valence-electron chi connectivity index (χ2n) is 5.48. The summed E-state index contributed by atoms with van der Waals surface area (Å²) in [5, 5.41) is 5.24. The lowest BCUT2D eigenvalue weighted by molar-refractivity contribution is -0.167. The molecule has 0 spiro atoms. The number of rotatable bonds is 5. The molecule has 0 saturated carbocycles. The number of furan rings is 1. The molecule has 26 heavy (non-hydrogen) atoms. The first-order valence-corrected chi connectivity index (χ1v) is 7.73. The van der Waals surface area contributed by atoms with Crippen LogP contribution in [-0.2, 0) is 9.63 Å². The van der Waals surface area contributed by atoms with Gasteiger partial charge in [0.2, 0.25) is 0 Å². The van der Waals surface area contributed by atoms with E-state index in [0.29, 0.717) is 10.8 Å². The number of hydroxylamine groups is 2. The monoisotopic (exact) mass is 357 g/mol. The molecule has 0 fully saturated rings. The van der Waals surface area contributed by atoms with E-state index in [1.807, 2.05) is 0 Å². The summed E-state index contributed by atoms with van der Waals surface area (Å²) >= 11 is 0. The molecule has 1 aliphatic heterocycles. The van der Waals surface area contributed by atoms with Gasteiger partial charge < -0.3 is 19.9 Å². The summed E-state index contributed by atoms with van der Waals surface area (Å²) < 4.78 is 5.15. The molecule has 1 atom stereocenters. The number of benzene rings is 1. The van der Waals surface area contributed by atoms with Crippen LogP contribution in [0, 0.1) is 0 Å². The molecular weight excluding hydrogens is 342 g/mol. The minimum Gasteiger partial charge on any atom is -0.467 e. The second-order valence-corrected chi connectivity index (χ2v) is 5.48. The number of carbonyl (C=O) groups is 4. The number of amides is 4. The summed E-state index contributed by atoms with van der Waals surface area (Å²) in [4.78, 5) is 52.5. The predicted octanol–water partition coefficient (Wildman–Crippen LogP) is 1.39. The third-order valence-electron chi connectivity index (χ3n) is 3.66. The lowest BCUT2D eigenvalue weighted by Crippen LogP contribution is -2.42. The molecule has 0 radical (unpaired) electrons. The van der Waals surface area contributed by atoms with Crippen LogP contribution >= 0.6 is 0 Å². The van der Waals surface area contributed by atoms with Crippen LogP contribution in [0.1, 0.15) is 39.4 Å². The van der Waals surface area contributed by atoms with Crippen molar-refractivity contribution in [1.29, 1.82) is 0 Å². The van der Waals surface area contributed by atoms with Gasteiger partial charge >= 0.3 is 12.0 Å². The van der Waals surface area contributed by atoms with Crippen LogP contribution in [0.4, 0.5) is 4.79 Å². The van der Waals surface area contributed by atoms with Crippen molar-refractivity contribution in [2.75, 3.05) is 6.54 Å². The first kappa shape index (κ1) is 17.2. The van der Waals surface area contributed by atoms with Gasteiger partial charge in [0, 0.05) is 0 Å². The standard InChI is InChI=1S/C17H15N3O6/c1-10(13-7-4-8-25-13)19-17(24)18-9-14(21)26-20-15(22)11-5-2-3-6-12(11)16(20)23/h2-8,10H,9H2,1H3,(H2,18,19,24). The molecular formula is C17H15N3O6. The molecule has 4 amide bonds. The summed E-state index contributed by atoms with van der Waals surface area (Å²) in [5.41, 5.74) is 0.312. The number of fused-ring (bicyclic) bond motifs is 1. The zero-order valence-electron chi connectivity index (χ0n) is 13.7. The highest BCUT2D eigenvalue weighted by atomic mass is 16.7. The Morgan fingerprint density at radius 2 is 1.77 bits per heavy atom. The highest BCUT2D eigenvalue weighted by molar-refractivity contribution is 6.20. The Balaban J connectivity index is 1.50. The maximum atomic E-state index is 12.1. The van der Waals surface area contributed by atoms with Gasteiger partial charge in [0.15, 0.2) is 0 Å². The molecule has 1 aliphatic rings. The Morgan fingerprint density at radius 3 is 2.35 bits per heavy atom. The highest BCUT2D eigenvalue weighted by Crippen LogP contribution is 2.22. The van der Waals surface area contributed by atoms with E-state index in [9.17, 15) is 19.2 Å². The number of hydrogen-bond donors (Lipinski definition) is 2. The van der Waals surface area contributed by atoms with Gasteiger partial charge in [0.05, 0.1) is 23.4 Å². The first-order valence-electron chi connectivity index (χ1n) is 7.73. The fraction of sp³-hybridized carbons (Fsp3) is 0.176. The van der Waals surface area contributed by atoms with Crippen molar-refractivity contribution >= 4 is 23.8 Å². The van der Waals surface area contributed by atoms with Gasteiger partial charge in [0.1, 0.15) is 12.3 Å². The van der Waals surface area contributed by atoms with Crippen molar-refractivity contribution in [2.45, 2.75) is 13.0 Å². The minimum absolute atomic E-state index is 0.156. The Bertz CT molecular complexity index is 826. The minimum atomic E-state index is -0.958. The molecule has 2 N–H and O–H groups in total. The molecule has 0 saturated heterocycles. The van der Waals surface area contributed by atoms with Crippen LogP contribution < -0.4 is 10.6 Å². The van der Waals surface area contributed by atoms with Crippen LogP contribution in [0.3, 0.4) is 0 Å². The second kappa shape index (κ2) is 7.09. The summed E-state index contributed by atoms with van der Waals surface area (Å²) in [6.07, 6.45) is 1.48. The average molecular weight is 357 g/mol. The van der Waals surface area contributed by atoms with E-state index in [-0.39, 0.29) is 11.1 Å². The lowest BCUT2D eigenvalue weighted by Gasteiger charge is -2.14. The smallest absolute Gasteiger partial charge is 0.352 e. The van der Waals surface area contributed by atoms with E-state index in [2.05, 4.69) is 10.6 Å². The van der Waals surface area contributed by atoms with Gasteiger partial charge in [-0.1, -0.05) is 17.2 Å². The van der Waals surface area contributed by atoms with Crippen LogP contribution in [0.2, 0.25) is 0 Å². The van der Waals surface area contributed by atoms with Crippen molar-refractivity contribution in [2.24, 2.45) is 0 Å². The molecule has 2 heterocycles. The first-order chi connectivity index (χ1) is 12.5. The van der Waals surface area contributed by atoms with E-state index in [4.69, 9.17) is 9.25 Å². The fourth-order valence-electron chi connectivity index (χ4n) is 2.39. The quantitative estimate of drug-likeness (QED) is 0.781. The number of carbonyl (C=O) groups excluding carboxylic acids is 4. The fourth-order valence-corrected chi connectivity index (χ4v) is 2.39. The van der Waals surface area contributed by atoms with Gasteiger partial charge in [-0.05, 0) is 31.2 Å². The van der Waals surface area contributed by atoms with Gasteiger partial charge in [-0.25, -0.2) is 9.59 Å². The van der Waals surface area contributed by atoms with E-state index in [0.717, 1.165) is 0 Å². The van der Waals surface area contributed by atoms with Crippen molar-refractivity contribution in [3.05, 3.63) is 59.5 Å². The normalized spacial score (nSPS) is 14.0. The lowest BCUT2D eigenvalue weighted by atomic mass is 10.1. The molecule has 1 unspecified atom stereocenters. The third-order valence-corrected chi connectivity index (χ3v) is 3.66. The molecule has 0 bridgehead atoms. The number of imide groups is 1. The maximum absolute atomic E-state index is 12.1. The van der Waals surface area contributed by atoms with Gasteiger partial charge in [0.25, 0.3) is 11.8 Å². The third kappa shape index (κ3) is 3.41. The van der Waals surface area contributed by atoms with Gasteiger partial charge in [-0.3, -0.25) is 9.59 Å². The zero-order chi connectivity index (χ0) is 18.7. The van der Waals surface area contributed by atoms with E-state index < -0.39 is 36.4 Å². The van der Waals surface area contributed by atoms with Crippen LogP contribution in [0.25, 0.3) is 0 Å². The zero-order valence-corrected chi connectivity index (χ0v) is 13.7. The topological polar surface area (TPSA) is 118 Å². The molecule has 9 nitrogen and oxygen atoms in total. The number of hydrogen-bond acceptors (Lipinski definition) is 6. The van der Waals surface area contributed by atoms with Crippen molar-refractivity contribution < 1.29 is 28.4 Å². The largest absolute Gasteiger partial charge is 0.467 e. The van der Waals surface area contributed by atoms with Crippen LogP contribution in [0.5, 0.6) is 0 Å². The van der Waals surface area contributed by atoms with Crippen LogP contribution in [0.15, 0.2) is 47.1 Å². The number of nitrogens with zero attached hydrogens (tertiary/aromatic N) is 1. The molecule has 134 valence electrons. The molecule has 0 aliphatic carbocycles. The maximum Gasteiger partial charge on any atom is 0.352 e. The van der Waals surface area contributed by atoms with Crippen LogP contribution in [-0.4, -0.2) is 35.4 Å². The SMILES string of the molecule is CC(NC(=O)NCC(=O)ON1C(=O)c2ccccc2C1=O)c1ccco1. The van der Waals surface area contributed by atoms with E-state index >= 15 is 0 Å². The van der Waals surface area contributed by atoms with Crippen molar-refractivity contribution in [3.63, 3.8) is 0 Å². The highest BCUT2D eigenvalue weighted by Gasteiger charge is 2.38. The van der Waals surface area contributed by atoms with E-state index in [1.165, 1.54) is 18.4 Å². The molecule has 1 aromatic heterocycles. The van der Waals surface area contributed by atoms with Crippen molar-refractivity contribution in [1.82, 2.24) is 15.7 Å². The Hall–Kier alpha value is -3.62. The van der Waals surface area contributed by atoms with Gasteiger partial charge in [-0.15, -0.1) is 0 Å². The van der Waals surface area contributed by atoms with E-state index in [1.54, 1.807) is 31.2 Å². The molecule has 1 aromatic carbocycles. The van der Waals surface area contributed by atoms with Gasteiger partial charge in [-0.2, -0.15) is 0 Å². The summed E-state index contributed by atoms with van der Waals surface area (Å²) in [5.74, 6) is -1.86. The summed E-state index contributed by atoms with van der Waals surface area (Å²) in [6.45, 7) is 1.18.